The van der Waals surface area contributed by atoms with Gasteiger partial charge in [0, 0.05) is 36.1 Å². The second kappa shape index (κ2) is 7.87. The van der Waals surface area contributed by atoms with Crippen LogP contribution in [-0.4, -0.2) is 35.3 Å². The highest BCUT2D eigenvalue weighted by Gasteiger charge is 2.19. The minimum atomic E-state index is -0.632. The summed E-state index contributed by atoms with van der Waals surface area (Å²) < 4.78 is 0.925. The van der Waals surface area contributed by atoms with Crippen LogP contribution in [0.3, 0.4) is 0 Å². The van der Waals surface area contributed by atoms with E-state index in [1.165, 1.54) is 4.90 Å². The lowest BCUT2D eigenvalue weighted by Crippen LogP contribution is -2.38. The number of halogens is 1. The smallest absolute Gasteiger partial charge is 0.313 e. The van der Waals surface area contributed by atoms with E-state index in [9.17, 15) is 9.59 Å². The monoisotopic (exact) mass is 375 g/mol. The highest BCUT2D eigenvalue weighted by molar-refractivity contribution is 9.10. The molecule has 0 aliphatic heterocycles. The molecule has 1 N–H and O–H groups in total. The van der Waals surface area contributed by atoms with Gasteiger partial charge in [0.1, 0.15) is 0 Å². The first kappa shape index (κ1) is 17.1. The highest BCUT2D eigenvalue weighted by Crippen LogP contribution is 2.20. The molecule has 23 heavy (non-hydrogen) atoms. The van der Waals surface area contributed by atoms with E-state index in [4.69, 9.17) is 0 Å². The van der Waals surface area contributed by atoms with Crippen molar-refractivity contribution in [1.29, 1.82) is 0 Å². The molecule has 0 atom stereocenters. The van der Waals surface area contributed by atoms with Gasteiger partial charge in [0.05, 0.1) is 0 Å². The van der Waals surface area contributed by atoms with E-state index in [-0.39, 0.29) is 0 Å². The molecular weight excluding hydrogens is 358 g/mol. The fourth-order valence-corrected chi connectivity index (χ4v) is 2.54. The molecule has 0 unspecified atom stereocenters. The quantitative estimate of drug-likeness (QED) is 0.835. The number of likely N-dealkylation sites (N-methyl/N-ethyl adjacent to an activating group) is 1. The van der Waals surface area contributed by atoms with Gasteiger partial charge >= 0.3 is 11.8 Å². The lowest BCUT2D eigenvalue weighted by molar-refractivity contribution is -0.142. The molecule has 2 amide bonds. The molecule has 0 aliphatic rings. The first-order valence-corrected chi connectivity index (χ1v) is 7.98. The molecule has 0 bridgehead atoms. The Balaban J connectivity index is 1.92. The average Bonchev–Trinajstić information content (AvgIpc) is 2.55. The molecule has 5 nitrogen and oxygen atoms in total. The molecular formula is C17H18BrN3O2. The van der Waals surface area contributed by atoms with Gasteiger partial charge in [0.2, 0.25) is 0 Å². The van der Waals surface area contributed by atoms with Crippen LogP contribution in [0, 0.1) is 6.92 Å². The Hall–Kier alpha value is -2.21. The van der Waals surface area contributed by atoms with Crippen molar-refractivity contribution in [2.45, 2.75) is 13.3 Å². The van der Waals surface area contributed by atoms with Crippen LogP contribution in [0.5, 0.6) is 0 Å². The van der Waals surface area contributed by atoms with Crippen molar-refractivity contribution in [3.63, 3.8) is 0 Å². The largest absolute Gasteiger partial charge is 0.337 e. The number of nitrogens with one attached hydrogen (secondary N) is 1. The van der Waals surface area contributed by atoms with Gasteiger partial charge in [-0.1, -0.05) is 15.9 Å². The van der Waals surface area contributed by atoms with Crippen LogP contribution in [0.1, 0.15) is 11.1 Å². The van der Waals surface area contributed by atoms with Crippen molar-refractivity contribution in [1.82, 2.24) is 9.88 Å². The third-order valence-corrected chi connectivity index (χ3v) is 3.96. The number of carbonyl (C=O) groups is 2. The lowest BCUT2D eigenvalue weighted by Gasteiger charge is -2.17. The summed E-state index contributed by atoms with van der Waals surface area (Å²) in [5, 5.41) is 2.66. The summed E-state index contributed by atoms with van der Waals surface area (Å²) in [4.78, 5) is 29.6. The Morgan fingerprint density at radius 1 is 1.22 bits per heavy atom. The zero-order valence-electron chi connectivity index (χ0n) is 13.0. The third kappa shape index (κ3) is 4.89. The molecule has 0 spiro atoms. The molecule has 2 aromatic rings. The SMILES string of the molecule is Cc1cc(Br)ccc1NC(=O)C(=O)N(C)CCc1ccncc1. The van der Waals surface area contributed by atoms with Crippen LogP contribution < -0.4 is 5.32 Å². The van der Waals surface area contributed by atoms with Crippen LogP contribution >= 0.6 is 15.9 Å². The normalized spacial score (nSPS) is 10.2. The highest BCUT2D eigenvalue weighted by atomic mass is 79.9. The number of pyridine rings is 1. The zero-order chi connectivity index (χ0) is 16.8. The number of rotatable bonds is 4. The molecule has 0 aliphatic carbocycles. The molecule has 1 aromatic heterocycles. The van der Waals surface area contributed by atoms with Crippen molar-refractivity contribution in [3.8, 4) is 0 Å². The van der Waals surface area contributed by atoms with E-state index in [2.05, 4.69) is 26.2 Å². The van der Waals surface area contributed by atoms with Gasteiger partial charge in [0.15, 0.2) is 0 Å². The Morgan fingerprint density at radius 3 is 2.57 bits per heavy atom. The fraction of sp³-hybridized carbons (Fsp3) is 0.235. The number of aromatic nitrogens is 1. The fourth-order valence-electron chi connectivity index (χ4n) is 2.06. The van der Waals surface area contributed by atoms with Crippen LogP contribution in [0.2, 0.25) is 0 Å². The van der Waals surface area contributed by atoms with Gasteiger partial charge < -0.3 is 10.2 Å². The van der Waals surface area contributed by atoms with E-state index in [0.717, 1.165) is 15.6 Å². The Morgan fingerprint density at radius 2 is 1.91 bits per heavy atom. The zero-order valence-corrected chi connectivity index (χ0v) is 14.6. The topological polar surface area (TPSA) is 62.3 Å². The number of nitrogens with zero attached hydrogens (tertiary/aromatic N) is 2. The van der Waals surface area contributed by atoms with Gasteiger partial charge in [-0.3, -0.25) is 14.6 Å². The molecule has 0 radical (unpaired) electrons. The summed E-state index contributed by atoms with van der Waals surface area (Å²) in [6.07, 6.45) is 4.09. The minimum Gasteiger partial charge on any atom is -0.337 e. The Labute approximate surface area is 143 Å². The van der Waals surface area contributed by atoms with Crippen molar-refractivity contribution >= 4 is 33.4 Å². The maximum atomic E-state index is 12.1. The van der Waals surface area contributed by atoms with Gasteiger partial charge in [-0.25, -0.2) is 0 Å². The third-order valence-electron chi connectivity index (χ3n) is 3.46. The van der Waals surface area contributed by atoms with Crippen molar-refractivity contribution < 1.29 is 9.59 Å². The van der Waals surface area contributed by atoms with Crippen molar-refractivity contribution in [2.24, 2.45) is 0 Å². The molecule has 2 rings (SSSR count). The van der Waals surface area contributed by atoms with Crippen LogP contribution in [-0.2, 0) is 16.0 Å². The standard InChI is InChI=1S/C17H18BrN3O2/c1-12-11-14(18)3-4-15(12)20-16(22)17(23)21(2)10-7-13-5-8-19-9-6-13/h3-6,8-9,11H,7,10H2,1-2H3,(H,20,22). The number of aryl methyl sites for hydroxylation is 1. The minimum absolute atomic E-state index is 0.468. The van der Waals surface area contributed by atoms with Crippen LogP contribution in [0.15, 0.2) is 47.2 Å². The van der Waals surface area contributed by atoms with Gasteiger partial charge in [0.25, 0.3) is 0 Å². The summed E-state index contributed by atoms with van der Waals surface area (Å²) >= 11 is 3.37. The molecule has 0 saturated heterocycles. The van der Waals surface area contributed by atoms with Gasteiger partial charge in [-0.2, -0.15) is 0 Å². The summed E-state index contributed by atoms with van der Waals surface area (Å²) in [6.45, 7) is 2.34. The molecule has 0 fully saturated rings. The summed E-state index contributed by atoms with van der Waals surface area (Å²) in [5.41, 5.74) is 2.60. The molecule has 6 heteroatoms. The van der Waals surface area contributed by atoms with E-state index < -0.39 is 11.8 Å². The maximum absolute atomic E-state index is 12.1. The second-order valence-corrected chi connectivity index (χ2v) is 6.16. The first-order chi connectivity index (χ1) is 11.0. The summed E-state index contributed by atoms with van der Waals surface area (Å²) in [7, 11) is 1.62. The Bertz CT molecular complexity index is 704. The number of hydrogen-bond donors (Lipinski definition) is 1. The first-order valence-electron chi connectivity index (χ1n) is 7.19. The van der Waals surface area contributed by atoms with E-state index in [1.54, 1.807) is 25.5 Å². The van der Waals surface area contributed by atoms with Crippen LogP contribution in [0.25, 0.3) is 0 Å². The molecule has 1 heterocycles. The number of carbonyl (C=O) groups excluding carboxylic acids is 2. The van der Waals surface area contributed by atoms with Gasteiger partial charge in [-0.15, -0.1) is 0 Å². The number of amides is 2. The molecule has 1 aromatic carbocycles. The Kier molecular flexibility index (Phi) is 5.87. The van der Waals surface area contributed by atoms with E-state index in [1.807, 2.05) is 31.2 Å². The lowest BCUT2D eigenvalue weighted by atomic mass is 10.2. The van der Waals surface area contributed by atoms with E-state index in [0.29, 0.717) is 18.7 Å². The maximum Gasteiger partial charge on any atom is 0.313 e. The average molecular weight is 376 g/mol. The van der Waals surface area contributed by atoms with Gasteiger partial charge in [-0.05, 0) is 54.8 Å². The summed E-state index contributed by atoms with van der Waals surface area (Å²) in [6, 6.07) is 9.25. The molecule has 120 valence electrons. The van der Waals surface area contributed by atoms with Crippen LogP contribution in [0.4, 0.5) is 5.69 Å². The second-order valence-electron chi connectivity index (χ2n) is 5.25. The number of benzene rings is 1. The predicted molar refractivity (Wildman–Crippen MR) is 93.1 cm³/mol. The summed E-state index contributed by atoms with van der Waals surface area (Å²) in [5.74, 6) is -1.19. The van der Waals surface area contributed by atoms with E-state index >= 15 is 0 Å². The van der Waals surface area contributed by atoms with Crippen molar-refractivity contribution in [2.75, 3.05) is 18.9 Å². The van der Waals surface area contributed by atoms with Crippen molar-refractivity contribution in [3.05, 3.63) is 58.3 Å². The molecule has 0 saturated carbocycles. The predicted octanol–water partition coefficient (Wildman–Crippen LogP) is 2.79. The number of hydrogen-bond acceptors (Lipinski definition) is 3. The number of anilines is 1.